The van der Waals surface area contributed by atoms with Gasteiger partial charge in [0.05, 0.1) is 10.0 Å². The van der Waals surface area contributed by atoms with Crippen LogP contribution in [0.5, 0.6) is 0 Å². The molecule has 0 bridgehead atoms. The lowest BCUT2D eigenvalue weighted by Gasteiger charge is -1.89. The Kier molecular flexibility index (Phi) is 2.39. The van der Waals surface area contributed by atoms with Gasteiger partial charge in [0.25, 0.3) is 0 Å². The van der Waals surface area contributed by atoms with Crippen molar-refractivity contribution in [3.05, 3.63) is 45.3 Å². The minimum atomic E-state index is 0.674. The van der Waals surface area contributed by atoms with E-state index in [-0.39, 0.29) is 0 Å². The van der Waals surface area contributed by atoms with Crippen molar-refractivity contribution < 1.29 is 0 Å². The molecule has 0 radical (unpaired) electrons. The molecule has 2 nitrogen and oxygen atoms in total. The van der Waals surface area contributed by atoms with Crippen LogP contribution in [0.2, 0.25) is 8.67 Å². The summed E-state index contributed by atoms with van der Waals surface area (Å²) in [6.45, 7) is 0. The number of hydrogen-bond acceptors (Lipinski definition) is 2. The second-order valence-electron chi connectivity index (χ2n) is 3.33. The Balaban J connectivity index is 2.22. The molecular weight excluding hydrogens is 263 g/mol. The molecule has 3 heterocycles. The van der Waals surface area contributed by atoms with Gasteiger partial charge in [-0.05, 0) is 18.2 Å². The van der Waals surface area contributed by atoms with Gasteiger partial charge in [0.2, 0.25) is 0 Å². The molecule has 0 unspecified atom stereocenters. The molecule has 0 saturated carbocycles. The van der Waals surface area contributed by atoms with Crippen molar-refractivity contribution in [3.8, 4) is 11.3 Å². The van der Waals surface area contributed by atoms with Crippen LogP contribution in [0.25, 0.3) is 16.9 Å². The van der Waals surface area contributed by atoms with Gasteiger partial charge in [0, 0.05) is 18.0 Å². The van der Waals surface area contributed by atoms with Gasteiger partial charge >= 0.3 is 0 Å². The zero-order valence-corrected chi connectivity index (χ0v) is 10.4. The maximum atomic E-state index is 6.09. The first-order valence-electron chi connectivity index (χ1n) is 4.63. The van der Waals surface area contributed by atoms with E-state index in [1.807, 2.05) is 41.1 Å². The first-order valence-corrected chi connectivity index (χ1v) is 6.20. The van der Waals surface area contributed by atoms with Crippen molar-refractivity contribution in [2.45, 2.75) is 0 Å². The van der Waals surface area contributed by atoms with Gasteiger partial charge in [-0.2, -0.15) is 0 Å². The van der Waals surface area contributed by atoms with Crippen molar-refractivity contribution in [1.82, 2.24) is 9.38 Å². The summed E-state index contributed by atoms with van der Waals surface area (Å²) in [6, 6.07) is 7.71. The summed E-state index contributed by atoms with van der Waals surface area (Å²) < 4.78 is 3.31. The summed E-state index contributed by atoms with van der Waals surface area (Å²) in [5.74, 6) is 0. The minimum Gasteiger partial charge on any atom is -0.306 e. The molecule has 3 rings (SSSR count). The molecule has 0 fully saturated rings. The van der Waals surface area contributed by atoms with E-state index in [0.717, 1.165) is 16.9 Å². The van der Waals surface area contributed by atoms with Crippen molar-refractivity contribution >= 4 is 40.2 Å². The fraction of sp³-hybridized carbons (Fsp3) is 0. The Hall–Kier alpha value is -1.03. The minimum absolute atomic E-state index is 0.674. The van der Waals surface area contributed by atoms with Crippen molar-refractivity contribution in [1.29, 1.82) is 0 Å². The summed E-state index contributed by atoms with van der Waals surface area (Å²) >= 11 is 13.4. The zero-order chi connectivity index (χ0) is 11.1. The van der Waals surface area contributed by atoms with Crippen molar-refractivity contribution in [2.75, 3.05) is 0 Å². The molecular formula is C11H6Cl2N2S. The largest absolute Gasteiger partial charge is 0.306 e. The molecule has 5 heteroatoms. The van der Waals surface area contributed by atoms with E-state index in [0.29, 0.717) is 8.67 Å². The number of nitrogens with zero attached hydrogens (tertiary/aromatic N) is 2. The molecule has 0 aliphatic heterocycles. The molecule has 16 heavy (non-hydrogen) atoms. The topological polar surface area (TPSA) is 17.3 Å². The van der Waals surface area contributed by atoms with Crippen molar-refractivity contribution in [3.63, 3.8) is 0 Å². The number of fused-ring (bicyclic) bond motifs is 1. The van der Waals surface area contributed by atoms with Crippen LogP contribution >= 0.6 is 34.5 Å². The highest BCUT2D eigenvalue weighted by atomic mass is 35.5. The summed E-state index contributed by atoms with van der Waals surface area (Å²) in [5, 5.41) is 0. The third-order valence-electron chi connectivity index (χ3n) is 2.30. The lowest BCUT2D eigenvalue weighted by atomic mass is 10.3. The van der Waals surface area contributed by atoms with E-state index in [9.17, 15) is 0 Å². The normalized spacial score (nSPS) is 11.1. The van der Waals surface area contributed by atoms with Crippen molar-refractivity contribution in [2.24, 2.45) is 0 Å². The Morgan fingerprint density at radius 3 is 2.81 bits per heavy atom. The molecule has 0 aliphatic carbocycles. The summed E-state index contributed by atoms with van der Waals surface area (Å²) in [6.07, 6.45) is 3.90. The lowest BCUT2D eigenvalue weighted by Crippen LogP contribution is -1.77. The van der Waals surface area contributed by atoms with Crippen LogP contribution in [0, 0.1) is 0 Å². The summed E-state index contributed by atoms with van der Waals surface area (Å²) in [4.78, 5) is 4.48. The standard InChI is InChI=1S/C11H6Cl2N2S/c12-9-5-7(11(13)16-9)8-6-15-4-2-1-3-10(15)14-8/h1-6H. The first kappa shape index (κ1) is 10.1. The van der Waals surface area contributed by atoms with E-state index < -0.39 is 0 Å². The maximum absolute atomic E-state index is 6.09. The van der Waals surface area contributed by atoms with Crippen LogP contribution in [0.3, 0.4) is 0 Å². The van der Waals surface area contributed by atoms with Gasteiger partial charge < -0.3 is 4.40 Å². The van der Waals surface area contributed by atoms with Gasteiger partial charge in [-0.15, -0.1) is 11.3 Å². The molecule has 3 aromatic heterocycles. The predicted molar refractivity (Wildman–Crippen MR) is 68.5 cm³/mol. The van der Waals surface area contributed by atoms with Gasteiger partial charge in [0.15, 0.2) is 0 Å². The quantitative estimate of drug-likeness (QED) is 0.641. The van der Waals surface area contributed by atoms with Crippen LogP contribution in [-0.2, 0) is 0 Å². The SMILES string of the molecule is Clc1cc(-c2cn3ccccc3n2)c(Cl)s1. The van der Waals surface area contributed by atoms with Crippen LogP contribution in [0.1, 0.15) is 0 Å². The third-order valence-corrected chi connectivity index (χ3v) is 3.78. The van der Waals surface area contributed by atoms with Crippen LogP contribution in [-0.4, -0.2) is 9.38 Å². The molecule has 0 amide bonds. The Morgan fingerprint density at radius 2 is 2.12 bits per heavy atom. The highest BCUT2D eigenvalue weighted by Gasteiger charge is 2.11. The molecule has 80 valence electrons. The Labute approximate surface area is 106 Å². The number of hydrogen-bond donors (Lipinski definition) is 0. The number of halogens is 2. The van der Waals surface area contributed by atoms with Gasteiger partial charge in [-0.1, -0.05) is 29.3 Å². The van der Waals surface area contributed by atoms with Gasteiger partial charge in [-0.25, -0.2) is 4.98 Å². The second-order valence-corrected chi connectivity index (χ2v) is 5.62. The van der Waals surface area contributed by atoms with E-state index >= 15 is 0 Å². The number of pyridine rings is 1. The van der Waals surface area contributed by atoms with Gasteiger partial charge in [-0.3, -0.25) is 0 Å². The molecule has 3 aromatic rings. The Morgan fingerprint density at radius 1 is 1.25 bits per heavy atom. The van der Waals surface area contributed by atoms with Crippen LogP contribution in [0.4, 0.5) is 0 Å². The smallest absolute Gasteiger partial charge is 0.137 e. The van der Waals surface area contributed by atoms with E-state index in [1.165, 1.54) is 11.3 Å². The predicted octanol–water partition coefficient (Wildman–Crippen LogP) is 4.37. The number of thiophene rings is 1. The highest BCUT2D eigenvalue weighted by molar-refractivity contribution is 7.20. The molecule has 0 aromatic carbocycles. The maximum Gasteiger partial charge on any atom is 0.137 e. The van der Waals surface area contributed by atoms with E-state index in [4.69, 9.17) is 23.2 Å². The zero-order valence-electron chi connectivity index (χ0n) is 8.02. The molecule has 0 spiro atoms. The fourth-order valence-electron chi connectivity index (χ4n) is 1.58. The average Bonchev–Trinajstić information content (AvgIpc) is 2.81. The number of imidazole rings is 1. The molecule has 0 atom stereocenters. The lowest BCUT2D eigenvalue weighted by molar-refractivity contribution is 1.19. The number of aromatic nitrogens is 2. The molecule has 0 aliphatic rings. The van der Waals surface area contributed by atoms with Gasteiger partial charge in [0.1, 0.15) is 9.98 Å². The monoisotopic (exact) mass is 268 g/mol. The Bertz CT molecular complexity index is 624. The van der Waals surface area contributed by atoms with Crippen LogP contribution < -0.4 is 0 Å². The first-order chi connectivity index (χ1) is 7.74. The van der Waals surface area contributed by atoms with Crippen LogP contribution in [0.15, 0.2) is 36.7 Å². The molecule has 0 saturated heterocycles. The summed E-state index contributed by atoms with van der Waals surface area (Å²) in [7, 11) is 0. The van der Waals surface area contributed by atoms with E-state index in [2.05, 4.69) is 4.98 Å². The van der Waals surface area contributed by atoms with E-state index in [1.54, 1.807) is 0 Å². The second kappa shape index (κ2) is 3.77. The highest BCUT2D eigenvalue weighted by Crippen LogP contribution is 2.37. The molecule has 0 N–H and O–H groups in total. The fourth-order valence-corrected chi connectivity index (χ4v) is 3.06. The third kappa shape index (κ3) is 1.61. The number of rotatable bonds is 1. The summed E-state index contributed by atoms with van der Waals surface area (Å²) in [5.41, 5.74) is 2.63. The average molecular weight is 269 g/mol.